The second-order valence-electron chi connectivity index (χ2n) is 5.75. The number of hydrogen-bond donors (Lipinski definition) is 2. The molecule has 1 aliphatic heterocycles. The van der Waals surface area contributed by atoms with Gasteiger partial charge in [0.1, 0.15) is 0 Å². The highest BCUT2D eigenvalue weighted by molar-refractivity contribution is 7.99. The summed E-state index contributed by atoms with van der Waals surface area (Å²) in [5.74, 6) is 3.52. The molecule has 27 heavy (non-hydrogen) atoms. The molecule has 10 heteroatoms. The molecule has 0 amide bonds. The van der Waals surface area contributed by atoms with Crippen molar-refractivity contribution in [3.63, 3.8) is 0 Å². The van der Waals surface area contributed by atoms with Crippen LogP contribution >= 0.6 is 11.8 Å². The lowest BCUT2D eigenvalue weighted by Gasteiger charge is -2.25. The van der Waals surface area contributed by atoms with Crippen LogP contribution in [0.3, 0.4) is 0 Å². The highest BCUT2D eigenvalue weighted by Gasteiger charge is 2.23. The Labute approximate surface area is 165 Å². The molecule has 8 nitrogen and oxygen atoms in total. The fourth-order valence-electron chi connectivity index (χ4n) is 2.59. The number of methoxy groups -OCH3 is 1. The molecule has 0 spiro atoms. The third-order valence-corrected chi connectivity index (χ3v) is 6.78. The van der Waals surface area contributed by atoms with Crippen molar-refractivity contribution < 1.29 is 17.9 Å². The molecule has 0 radical (unpaired) electrons. The van der Waals surface area contributed by atoms with Crippen molar-refractivity contribution in [1.29, 1.82) is 0 Å². The Morgan fingerprint density at radius 2 is 2.04 bits per heavy atom. The Morgan fingerprint density at radius 1 is 1.30 bits per heavy atom. The van der Waals surface area contributed by atoms with Crippen LogP contribution in [0.1, 0.15) is 6.92 Å². The molecule has 0 unspecified atom stereocenters. The lowest BCUT2D eigenvalue weighted by molar-refractivity contribution is 0.311. The fraction of sp³-hybridized carbons (Fsp3) is 0.588. The maximum absolute atomic E-state index is 12.4. The van der Waals surface area contributed by atoms with Gasteiger partial charge in [0.25, 0.3) is 0 Å². The summed E-state index contributed by atoms with van der Waals surface area (Å²) in [6, 6.07) is 5.47. The number of guanidine groups is 1. The van der Waals surface area contributed by atoms with Crippen molar-refractivity contribution in [1.82, 2.24) is 9.62 Å². The van der Waals surface area contributed by atoms with Crippen LogP contribution in [0.25, 0.3) is 0 Å². The largest absolute Gasteiger partial charge is 0.493 e. The molecule has 0 aromatic heterocycles. The van der Waals surface area contributed by atoms with Gasteiger partial charge in [0.2, 0.25) is 10.0 Å². The standard InChI is InChI=1S/C17H28N4O4S2/c1-4-25-15-6-5-14(13-16(15)24-3)20-17(18-2)19-7-12-27(22,23)21-8-10-26-11-9-21/h5-6,13H,4,7-12H2,1-3H3,(H2,18,19,20). The first kappa shape index (κ1) is 21.6. The number of aliphatic imine (C=N–C) groups is 1. The predicted molar refractivity (Wildman–Crippen MR) is 112 cm³/mol. The molecule has 0 aliphatic carbocycles. The van der Waals surface area contributed by atoms with Gasteiger partial charge in [-0.05, 0) is 19.1 Å². The second kappa shape index (κ2) is 10.6. The van der Waals surface area contributed by atoms with Gasteiger partial charge in [-0.3, -0.25) is 4.99 Å². The van der Waals surface area contributed by atoms with Crippen molar-refractivity contribution in [2.24, 2.45) is 4.99 Å². The summed E-state index contributed by atoms with van der Waals surface area (Å²) in [6.07, 6.45) is 0. The van der Waals surface area contributed by atoms with Gasteiger partial charge in [-0.2, -0.15) is 11.8 Å². The van der Waals surface area contributed by atoms with Crippen LogP contribution in [0.4, 0.5) is 5.69 Å². The summed E-state index contributed by atoms with van der Waals surface area (Å²) < 4.78 is 37.2. The van der Waals surface area contributed by atoms with Gasteiger partial charge < -0.3 is 20.1 Å². The summed E-state index contributed by atoms with van der Waals surface area (Å²) in [7, 11) is -0.0261. The average molecular weight is 417 g/mol. The first-order valence-corrected chi connectivity index (χ1v) is 11.6. The Balaban J connectivity index is 1.90. The van der Waals surface area contributed by atoms with Gasteiger partial charge >= 0.3 is 0 Å². The average Bonchev–Trinajstić information content (AvgIpc) is 2.69. The van der Waals surface area contributed by atoms with E-state index < -0.39 is 10.0 Å². The monoisotopic (exact) mass is 416 g/mol. The summed E-state index contributed by atoms with van der Waals surface area (Å²) in [5.41, 5.74) is 0.763. The molecular formula is C17H28N4O4S2. The van der Waals surface area contributed by atoms with Crippen LogP contribution in [0.2, 0.25) is 0 Å². The predicted octanol–water partition coefficient (Wildman–Crippen LogP) is 1.46. The fourth-order valence-corrected chi connectivity index (χ4v) is 5.08. The van der Waals surface area contributed by atoms with Crippen LogP contribution in [0.15, 0.2) is 23.2 Å². The van der Waals surface area contributed by atoms with E-state index >= 15 is 0 Å². The normalized spacial score (nSPS) is 16.0. The van der Waals surface area contributed by atoms with E-state index in [1.807, 2.05) is 19.1 Å². The van der Waals surface area contributed by atoms with E-state index in [2.05, 4.69) is 15.6 Å². The number of rotatable bonds is 8. The van der Waals surface area contributed by atoms with Gasteiger partial charge in [0.05, 0.1) is 19.5 Å². The molecule has 152 valence electrons. The number of nitrogens with zero attached hydrogens (tertiary/aromatic N) is 2. The van der Waals surface area contributed by atoms with E-state index in [0.29, 0.717) is 37.2 Å². The number of anilines is 1. The zero-order valence-corrected chi connectivity index (χ0v) is 17.7. The summed E-state index contributed by atoms with van der Waals surface area (Å²) >= 11 is 1.79. The number of nitrogens with one attached hydrogen (secondary N) is 2. The van der Waals surface area contributed by atoms with E-state index in [0.717, 1.165) is 17.2 Å². The van der Waals surface area contributed by atoms with Crippen molar-refractivity contribution in [2.45, 2.75) is 6.92 Å². The molecule has 0 atom stereocenters. The van der Waals surface area contributed by atoms with Crippen LogP contribution in [0, 0.1) is 0 Å². The molecule has 1 aromatic rings. The summed E-state index contributed by atoms with van der Waals surface area (Å²) in [4.78, 5) is 4.14. The van der Waals surface area contributed by atoms with Gasteiger partial charge in [-0.1, -0.05) is 0 Å². The highest BCUT2D eigenvalue weighted by atomic mass is 32.2. The van der Waals surface area contributed by atoms with Crippen molar-refractivity contribution in [3.05, 3.63) is 18.2 Å². The van der Waals surface area contributed by atoms with Crippen LogP contribution in [-0.4, -0.2) is 76.3 Å². The molecule has 1 heterocycles. The van der Waals surface area contributed by atoms with E-state index in [1.54, 1.807) is 36.3 Å². The van der Waals surface area contributed by atoms with Gasteiger partial charge in [-0.15, -0.1) is 0 Å². The third-order valence-electron chi connectivity index (χ3n) is 3.97. The molecule has 1 aliphatic rings. The van der Waals surface area contributed by atoms with E-state index in [1.165, 1.54) is 0 Å². The number of benzene rings is 1. The minimum absolute atomic E-state index is 0.0327. The van der Waals surface area contributed by atoms with Gasteiger partial charge in [0.15, 0.2) is 17.5 Å². The smallest absolute Gasteiger partial charge is 0.215 e. The first-order chi connectivity index (χ1) is 13.0. The Bertz CT molecular complexity index is 734. The molecule has 1 fully saturated rings. The topological polar surface area (TPSA) is 92.3 Å². The lowest BCUT2D eigenvalue weighted by Crippen LogP contribution is -2.42. The maximum atomic E-state index is 12.4. The molecule has 1 saturated heterocycles. The zero-order valence-electron chi connectivity index (χ0n) is 16.0. The first-order valence-electron chi connectivity index (χ1n) is 8.84. The van der Waals surface area contributed by atoms with Crippen molar-refractivity contribution in [2.75, 3.05) is 63.0 Å². The number of sulfonamides is 1. The van der Waals surface area contributed by atoms with E-state index in [4.69, 9.17) is 9.47 Å². The highest BCUT2D eigenvalue weighted by Crippen LogP contribution is 2.30. The third kappa shape index (κ3) is 6.47. The molecule has 2 rings (SSSR count). The quantitative estimate of drug-likeness (QED) is 0.490. The van der Waals surface area contributed by atoms with Gasteiger partial charge in [-0.25, -0.2) is 12.7 Å². The maximum Gasteiger partial charge on any atom is 0.215 e. The summed E-state index contributed by atoms with van der Waals surface area (Å²) in [6.45, 7) is 3.92. The Morgan fingerprint density at radius 3 is 2.67 bits per heavy atom. The minimum atomic E-state index is -3.24. The number of thioether (sulfide) groups is 1. The molecule has 0 bridgehead atoms. The van der Waals surface area contributed by atoms with E-state index in [-0.39, 0.29) is 12.3 Å². The van der Waals surface area contributed by atoms with Crippen LogP contribution < -0.4 is 20.1 Å². The van der Waals surface area contributed by atoms with Crippen molar-refractivity contribution >= 4 is 33.4 Å². The van der Waals surface area contributed by atoms with Crippen LogP contribution in [0.5, 0.6) is 11.5 Å². The SMILES string of the molecule is CCOc1ccc(NC(=NC)NCCS(=O)(=O)N2CCSCC2)cc1OC. The minimum Gasteiger partial charge on any atom is -0.493 e. The Hall–Kier alpha value is -1.65. The zero-order chi connectivity index (χ0) is 19.7. The summed E-state index contributed by atoms with van der Waals surface area (Å²) in [5, 5.41) is 6.18. The van der Waals surface area contributed by atoms with E-state index in [9.17, 15) is 8.42 Å². The lowest BCUT2D eigenvalue weighted by atomic mass is 10.2. The molecular weight excluding hydrogens is 388 g/mol. The van der Waals surface area contributed by atoms with Crippen LogP contribution in [-0.2, 0) is 10.0 Å². The second-order valence-corrected chi connectivity index (χ2v) is 9.06. The number of hydrogen-bond acceptors (Lipinski definition) is 6. The molecule has 2 N–H and O–H groups in total. The Kier molecular flexibility index (Phi) is 8.52. The molecule has 0 saturated carbocycles. The van der Waals surface area contributed by atoms with Gasteiger partial charge in [0, 0.05) is 49.9 Å². The number of ether oxygens (including phenoxy) is 2. The van der Waals surface area contributed by atoms with Crippen molar-refractivity contribution in [3.8, 4) is 11.5 Å². The molecule has 1 aromatic carbocycles.